The first kappa shape index (κ1) is 14.7. The van der Waals surface area contributed by atoms with E-state index >= 15 is 0 Å². The van der Waals surface area contributed by atoms with Crippen molar-refractivity contribution < 1.29 is 22.8 Å². The molecule has 2 spiro atoms. The highest BCUT2D eigenvalue weighted by Gasteiger charge is 2.61. The van der Waals surface area contributed by atoms with E-state index in [9.17, 15) is 22.8 Å². The fourth-order valence-corrected chi connectivity index (χ4v) is 4.14. The Kier molecular flexibility index (Phi) is 3.22. The van der Waals surface area contributed by atoms with Crippen LogP contribution in [0.2, 0.25) is 0 Å². The summed E-state index contributed by atoms with van der Waals surface area (Å²) < 4.78 is 38.8. The molecule has 0 aromatic rings. The topological polar surface area (TPSA) is 49.4 Å². The summed E-state index contributed by atoms with van der Waals surface area (Å²) in [6.07, 6.45) is -0.0397. The third-order valence-corrected chi connectivity index (χ3v) is 5.17. The van der Waals surface area contributed by atoms with Gasteiger partial charge in [-0.25, -0.2) is 0 Å². The maximum atomic E-state index is 12.9. The Morgan fingerprint density at radius 1 is 1.00 bits per heavy atom. The largest absolute Gasteiger partial charge is 0.406 e. The molecule has 0 aromatic carbocycles. The lowest BCUT2D eigenvalue weighted by Gasteiger charge is -2.50. The Bertz CT molecular complexity index is 463. The summed E-state index contributed by atoms with van der Waals surface area (Å²) in [5.41, 5.74) is -2.36. The summed E-state index contributed by atoms with van der Waals surface area (Å²) >= 11 is 0. The highest BCUT2D eigenvalue weighted by Crippen LogP contribution is 2.44. The number of nitrogens with zero attached hydrogens (tertiary/aromatic N) is 1. The molecule has 4 nitrogen and oxygen atoms in total. The number of nitrogens with one attached hydrogen (secondary N) is 1. The van der Waals surface area contributed by atoms with Crippen molar-refractivity contribution >= 4 is 11.8 Å². The van der Waals surface area contributed by atoms with Crippen LogP contribution in [0.3, 0.4) is 0 Å². The number of piperazine rings is 1. The third-order valence-electron chi connectivity index (χ3n) is 5.17. The van der Waals surface area contributed by atoms with E-state index in [1.54, 1.807) is 0 Å². The Morgan fingerprint density at radius 2 is 1.52 bits per heavy atom. The minimum absolute atomic E-state index is 0.330. The van der Waals surface area contributed by atoms with E-state index in [0.717, 1.165) is 17.7 Å². The van der Waals surface area contributed by atoms with E-state index in [4.69, 9.17) is 0 Å². The van der Waals surface area contributed by atoms with Gasteiger partial charge in [0.05, 0.1) is 0 Å². The maximum Gasteiger partial charge on any atom is 0.406 e. The molecule has 3 fully saturated rings. The molecule has 2 amide bonds. The van der Waals surface area contributed by atoms with Crippen LogP contribution in [0, 0.1) is 0 Å². The number of alkyl halides is 3. The molecular weight excluding hydrogens is 285 g/mol. The van der Waals surface area contributed by atoms with Crippen molar-refractivity contribution in [3.05, 3.63) is 0 Å². The fourth-order valence-electron chi connectivity index (χ4n) is 4.14. The highest BCUT2D eigenvalue weighted by atomic mass is 19.4. The summed E-state index contributed by atoms with van der Waals surface area (Å²) in [7, 11) is 0. The maximum absolute atomic E-state index is 12.9. The Labute approximate surface area is 121 Å². The first-order chi connectivity index (χ1) is 9.79. The van der Waals surface area contributed by atoms with E-state index in [1.807, 2.05) is 0 Å². The molecular formula is C14H19F3N2O2. The first-order valence-electron chi connectivity index (χ1n) is 7.51. The van der Waals surface area contributed by atoms with Crippen molar-refractivity contribution in [1.29, 1.82) is 0 Å². The molecule has 3 aliphatic rings. The molecule has 2 aliphatic carbocycles. The number of rotatable bonds is 1. The Balaban J connectivity index is 1.98. The molecule has 0 aromatic heterocycles. The normalized spacial score (nSPS) is 27.7. The average Bonchev–Trinajstić information content (AvgIpc) is 3.02. The van der Waals surface area contributed by atoms with Crippen molar-refractivity contribution in [2.24, 2.45) is 0 Å². The average molecular weight is 304 g/mol. The number of carbonyl (C=O) groups excluding carboxylic acids is 2. The van der Waals surface area contributed by atoms with Crippen molar-refractivity contribution in [3.8, 4) is 0 Å². The van der Waals surface area contributed by atoms with Gasteiger partial charge in [-0.15, -0.1) is 0 Å². The van der Waals surface area contributed by atoms with Gasteiger partial charge in [0, 0.05) is 0 Å². The van der Waals surface area contributed by atoms with E-state index in [-0.39, 0.29) is 5.91 Å². The summed E-state index contributed by atoms with van der Waals surface area (Å²) in [6.45, 7) is -1.32. The molecule has 2 saturated carbocycles. The Morgan fingerprint density at radius 3 is 2.05 bits per heavy atom. The third kappa shape index (κ3) is 2.21. The molecule has 1 N–H and O–H groups in total. The summed E-state index contributed by atoms with van der Waals surface area (Å²) in [4.78, 5) is 26.1. The van der Waals surface area contributed by atoms with Crippen LogP contribution in [0.5, 0.6) is 0 Å². The predicted molar refractivity (Wildman–Crippen MR) is 68.3 cm³/mol. The molecule has 0 atom stereocenters. The van der Waals surface area contributed by atoms with Crippen LogP contribution in [-0.4, -0.2) is 40.5 Å². The fraction of sp³-hybridized carbons (Fsp3) is 0.857. The molecule has 118 valence electrons. The number of hydrogen-bond acceptors (Lipinski definition) is 2. The quantitative estimate of drug-likeness (QED) is 0.807. The van der Waals surface area contributed by atoms with Gasteiger partial charge < -0.3 is 10.2 Å². The first-order valence-corrected chi connectivity index (χ1v) is 7.51. The number of amides is 2. The van der Waals surface area contributed by atoms with Crippen LogP contribution < -0.4 is 5.32 Å². The predicted octanol–water partition coefficient (Wildman–Crippen LogP) is 2.13. The van der Waals surface area contributed by atoms with Crippen molar-refractivity contribution in [2.75, 3.05) is 6.54 Å². The minimum atomic E-state index is -4.48. The van der Waals surface area contributed by atoms with Gasteiger partial charge in [-0.2, -0.15) is 13.2 Å². The van der Waals surface area contributed by atoms with Gasteiger partial charge in [0.2, 0.25) is 11.8 Å². The second kappa shape index (κ2) is 4.61. The van der Waals surface area contributed by atoms with Crippen molar-refractivity contribution in [2.45, 2.75) is 68.6 Å². The van der Waals surface area contributed by atoms with E-state index in [2.05, 4.69) is 5.32 Å². The van der Waals surface area contributed by atoms with Crippen LogP contribution in [-0.2, 0) is 9.59 Å². The number of halogens is 3. The van der Waals surface area contributed by atoms with Gasteiger partial charge in [0.15, 0.2) is 0 Å². The van der Waals surface area contributed by atoms with Gasteiger partial charge in [-0.1, -0.05) is 25.7 Å². The lowest BCUT2D eigenvalue weighted by molar-refractivity contribution is -0.187. The van der Waals surface area contributed by atoms with Gasteiger partial charge >= 0.3 is 6.18 Å². The molecule has 21 heavy (non-hydrogen) atoms. The molecule has 7 heteroatoms. The van der Waals surface area contributed by atoms with E-state index < -0.39 is 29.7 Å². The van der Waals surface area contributed by atoms with Gasteiger partial charge in [-0.3, -0.25) is 9.59 Å². The van der Waals surface area contributed by atoms with Crippen LogP contribution >= 0.6 is 0 Å². The number of carbonyl (C=O) groups is 2. The second-order valence-corrected chi connectivity index (χ2v) is 6.49. The molecule has 1 saturated heterocycles. The molecule has 3 rings (SSSR count). The lowest BCUT2D eigenvalue weighted by Crippen LogP contribution is -2.75. The van der Waals surface area contributed by atoms with Gasteiger partial charge in [0.1, 0.15) is 17.6 Å². The second-order valence-electron chi connectivity index (χ2n) is 6.49. The minimum Gasteiger partial charge on any atom is -0.340 e. The SMILES string of the molecule is O=C1N(CC(F)(F)F)C2(CCCC2)C(=O)NC12CCCC2. The lowest BCUT2D eigenvalue weighted by atomic mass is 9.83. The van der Waals surface area contributed by atoms with Gasteiger partial charge in [0.25, 0.3) is 0 Å². The zero-order valence-corrected chi connectivity index (χ0v) is 11.8. The summed E-state index contributed by atoms with van der Waals surface area (Å²) in [5, 5.41) is 2.79. The molecule has 0 unspecified atom stereocenters. The van der Waals surface area contributed by atoms with Crippen LogP contribution in [0.15, 0.2) is 0 Å². The van der Waals surface area contributed by atoms with Crippen molar-refractivity contribution in [3.63, 3.8) is 0 Å². The van der Waals surface area contributed by atoms with Crippen LogP contribution in [0.1, 0.15) is 51.4 Å². The zero-order chi connectivity index (χ0) is 15.3. The van der Waals surface area contributed by atoms with E-state index in [1.165, 1.54) is 0 Å². The molecule has 1 heterocycles. The monoisotopic (exact) mass is 304 g/mol. The molecule has 0 bridgehead atoms. The van der Waals surface area contributed by atoms with E-state index in [0.29, 0.717) is 38.5 Å². The van der Waals surface area contributed by atoms with Crippen LogP contribution in [0.4, 0.5) is 13.2 Å². The Hall–Kier alpha value is -1.27. The molecule has 1 aliphatic heterocycles. The highest BCUT2D eigenvalue weighted by molar-refractivity contribution is 6.02. The smallest absolute Gasteiger partial charge is 0.340 e. The summed E-state index contributed by atoms with van der Waals surface area (Å²) in [5.74, 6) is -0.912. The van der Waals surface area contributed by atoms with Crippen LogP contribution in [0.25, 0.3) is 0 Å². The van der Waals surface area contributed by atoms with Crippen molar-refractivity contribution in [1.82, 2.24) is 10.2 Å². The molecule has 0 radical (unpaired) electrons. The number of hydrogen-bond donors (Lipinski definition) is 1. The zero-order valence-electron chi connectivity index (χ0n) is 11.8. The van der Waals surface area contributed by atoms with Gasteiger partial charge in [-0.05, 0) is 25.7 Å². The summed E-state index contributed by atoms with van der Waals surface area (Å²) in [6, 6.07) is 0. The standard InChI is InChI=1S/C14H19F3N2O2/c15-14(16,17)9-19-11(21)12(5-1-2-6-12)18-10(20)13(19)7-3-4-8-13/h1-9H2,(H,18,20).